The number of rotatable bonds is 7. The fourth-order valence-electron chi connectivity index (χ4n) is 2.05. The molecule has 0 aliphatic carbocycles. The van der Waals surface area contributed by atoms with Gasteiger partial charge in [-0.05, 0) is 30.5 Å². The third kappa shape index (κ3) is 3.81. The fraction of sp³-hybridized carbons (Fsp3) is 0.438. The van der Waals surface area contributed by atoms with E-state index in [0.717, 1.165) is 40.6 Å². The molecular formula is C16H21NO2S. The standard InChI is InChI=1S/C16H21NO2S/c1-3-12-6-5-7-13(10-12)19-9-8-16-17-14(4-2)15(11-18)20-16/h5-7,10,18H,3-4,8-9,11H2,1-2H3. The quantitative estimate of drug-likeness (QED) is 0.850. The molecule has 20 heavy (non-hydrogen) atoms. The topological polar surface area (TPSA) is 42.4 Å². The van der Waals surface area contributed by atoms with Crippen LogP contribution in [-0.2, 0) is 25.9 Å². The first-order chi connectivity index (χ1) is 9.76. The molecule has 108 valence electrons. The van der Waals surface area contributed by atoms with E-state index in [1.807, 2.05) is 12.1 Å². The van der Waals surface area contributed by atoms with E-state index in [0.29, 0.717) is 6.61 Å². The van der Waals surface area contributed by atoms with Crippen LogP contribution >= 0.6 is 11.3 Å². The summed E-state index contributed by atoms with van der Waals surface area (Å²) >= 11 is 1.59. The molecule has 0 aliphatic rings. The van der Waals surface area contributed by atoms with Crippen molar-refractivity contribution in [1.29, 1.82) is 0 Å². The van der Waals surface area contributed by atoms with Gasteiger partial charge in [-0.1, -0.05) is 26.0 Å². The Balaban J connectivity index is 1.90. The number of thiazole rings is 1. The number of nitrogens with zero attached hydrogens (tertiary/aromatic N) is 1. The molecule has 0 saturated heterocycles. The Morgan fingerprint density at radius 3 is 2.75 bits per heavy atom. The van der Waals surface area contributed by atoms with Crippen LogP contribution in [0.15, 0.2) is 24.3 Å². The van der Waals surface area contributed by atoms with Crippen LogP contribution in [0.3, 0.4) is 0 Å². The molecule has 2 rings (SSSR count). The molecule has 0 fully saturated rings. The van der Waals surface area contributed by atoms with E-state index in [-0.39, 0.29) is 6.61 Å². The summed E-state index contributed by atoms with van der Waals surface area (Å²) < 4.78 is 5.77. The molecule has 2 aromatic rings. The normalized spacial score (nSPS) is 10.8. The zero-order valence-electron chi connectivity index (χ0n) is 12.1. The minimum Gasteiger partial charge on any atom is -0.493 e. The van der Waals surface area contributed by atoms with E-state index >= 15 is 0 Å². The second-order valence-electron chi connectivity index (χ2n) is 4.59. The Kier molecular flexibility index (Phi) is 5.56. The highest BCUT2D eigenvalue weighted by molar-refractivity contribution is 7.11. The van der Waals surface area contributed by atoms with Crippen LogP contribution in [0.4, 0.5) is 0 Å². The van der Waals surface area contributed by atoms with E-state index in [1.54, 1.807) is 11.3 Å². The first-order valence-corrected chi connectivity index (χ1v) is 7.88. The number of benzene rings is 1. The lowest BCUT2D eigenvalue weighted by Crippen LogP contribution is -2.01. The number of aliphatic hydroxyl groups excluding tert-OH is 1. The fourth-order valence-corrected chi connectivity index (χ4v) is 3.05. The van der Waals surface area contributed by atoms with Gasteiger partial charge in [0.2, 0.25) is 0 Å². The Morgan fingerprint density at radius 1 is 1.25 bits per heavy atom. The maximum Gasteiger partial charge on any atom is 0.119 e. The van der Waals surface area contributed by atoms with Gasteiger partial charge in [0.05, 0.1) is 28.8 Å². The minimum absolute atomic E-state index is 0.0836. The van der Waals surface area contributed by atoms with Crippen molar-refractivity contribution in [1.82, 2.24) is 4.98 Å². The smallest absolute Gasteiger partial charge is 0.119 e. The molecule has 3 nitrogen and oxygen atoms in total. The molecule has 0 bridgehead atoms. The number of aliphatic hydroxyl groups is 1. The van der Waals surface area contributed by atoms with E-state index in [4.69, 9.17) is 4.74 Å². The molecular weight excluding hydrogens is 270 g/mol. The summed E-state index contributed by atoms with van der Waals surface area (Å²) in [6.07, 6.45) is 2.67. The average molecular weight is 291 g/mol. The highest BCUT2D eigenvalue weighted by Gasteiger charge is 2.08. The lowest BCUT2D eigenvalue weighted by atomic mass is 10.2. The van der Waals surface area contributed by atoms with E-state index in [9.17, 15) is 5.11 Å². The number of aryl methyl sites for hydroxylation is 2. The molecule has 0 aliphatic heterocycles. The van der Waals surface area contributed by atoms with Crippen LogP contribution in [0.2, 0.25) is 0 Å². The summed E-state index contributed by atoms with van der Waals surface area (Å²) in [5.74, 6) is 0.916. The van der Waals surface area contributed by atoms with E-state index in [2.05, 4.69) is 31.0 Å². The predicted octanol–water partition coefficient (Wildman–Crippen LogP) is 3.38. The van der Waals surface area contributed by atoms with Gasteiger partial charge >= 0.3 is 0 Å². The van der Waals surface area contributed by atoms with Crippen molar-refractivity contribution in [3.8, 4) is 5.75 Å². The molecule has 0 saturated carbocycles. The third-order valence-electron chi connectivity index (χ3n) is 3.19. The van der Waals surface area contributed by atoms with E-state index < -0.39 is 0 Å². The van der Waals surface area contributed by atoms with Gasteiger partial charge in [-0.25, -0.2) is 4.98 Å². The number of aromatic nitrogens is 1. The highest BCUT2D eigenvalue weighted by atomic mass is 32.1. The average Bonchev–Trinajstić information content (AvgIpc) is 2.90. The summed E-state index contributed by atoms with van der Waals surface area (Å²) in [5, 5.41) is 10.3. The predicted molar refractivity (Wildman–Crippen MR) is 82.4 cm³/mol. The van der Waals surface area contributed by atoms with Crippen LogP contribution in [-0.4, -0.2) is 16.7 Å². The molecule has 1 aromatic heterocycles. The molecule has 1 aromatic carbocycles. The Hall–Kier alpha value is -1.39. The van der Waals surface area contributed by atoms with Gasteiger partial charge in [-0.2, -0.15) is 0 Å². The molecule has 0 unspecified atom stereocenters. The Bertz CT molecular complexity index is 530. The van der Waals surface area contributed by atoms with Crippen molar-refractivity contribution in [3.05, 3.63) is 45.4 Å². The first-order valence-electron chi connectivity index (χ1n) is 7.06. The SMILES string of the molecule is CCc1cccc(OCCc2nc(CC)c(CO)s2)c1. The van der Waals surface area contributed by atoms with Gasteiger partial charge in [-0.3, -0.25) is 0 Å². The summed E-state index contributed by atoms with van der Waals surface area (Å²) in [7, 11) is 0. The molecule has 1 heterocycles. The van der Waals surface area contributed by atoms with Crippen molar-refractivity contribution < 1.29 is 9.84 Å². The lowest BCUT2D eigenvalue weighted by Gasteiger charge is -2.06. The number of ether oxygens (including phenoxy) is 1. The monoisotopic (exact) mass is 291 g/mol. The van der Waals surface area contributed by atoms with Gasteiger partial charge in [-0.15, -0.1) is 11.3 Å². The molecule has 0 spiro atoms. The van der Waals surface area contributed by atoms with Crippen molar-refractivity contribution >= 4 is 11.3 Å². The largest absolute Gasteiger partial charge is 0.493 e. The van der Waals surface area contributed by atoms with Crippen molar-refractivity contribution in [2.45, 2.75) is 39.7 Å². The van der Waals surface area contributed by atoms with Crippen LogP contribution in [0.25, 0.3) is 0 Å². The molecule has 0 radical (unpaired) electrons. The summed E-state index contributed by atoms with van der Waals surface area (Å²) in [6, 6.07) is 8.20. The third-order valence-corrected chi connectivity index (χ3v) is 4.33. The van der Waals surface area contributed by atoms with Gasteiger partial charge < -0.3 is 9.84 Å². The maximum absolute atomic E-state index is 9.26. The highest BCUT2D eigenvalue weighted by Crippen LogP contribution is 2.20. The summed E-state index contributed by atoms with van der Waals surface area (Å²) in [5.41, 5.74) is 2.30. The maximum atomic E-state index is 9.26. The lowest BCUT2D eigenvalue weighted by molar-refractivity contribution is 0.284. The zero-order chi connectivity index (χ0) is 14.4. The molecule has 4 heteroatoms. The van der Waals surface area contributed by atoms with Crippen molar-refractivity contribution in [3.63, 3.8) is 0 Å². The van der Waals surface area contributed by atoms with Gasteiger partial charge in [0.1, 0.15) is 5.75 Å². The second kappa shape index (κ2) is 7.41. The van der Waals surface area contributed by atoms with Gasteiger partial charge in [0, 0.05) is 6.42 Å². The number of hydrogen-bond acceptors (Lipinski definition) is 4. The summed E-state index contributed by atoms with van der Waals surface area (Å²) in [6.45, 7) is 4.90. The first kappa shape index (κ1) is 15.0. The summed E-state index contributed by atoms with van der Waals surface area (Å²) in [4.78, 5) is 5.52. The van der Waals surface area contributed by atoms with E-state index in [1.165, 1.54) is 5.56 Å². The van der Waals surface area contributed by atoms with Crippen molar-refractivity contribution in [2.24, 2.45) is 0 Å². The second-order valence-corrected chi connectivity index (χ2v) is 5.76. The van der Waals surface area contributed by atoms with Crippen LogP contribution in [0.5, 0.6) is 5.75 Å². The van der Waals surface area contributed by atoms with Crippen LogP contribution in [0.1, 0.15) is 35.0 Å². The Labute approximate surface area is 124 Å². The minimum atomic E-state index is 0.0836. The van der Waals surface area contributed by atoms with Gasteiger partial charge in [0.15, 0.2) is 0 Å². The molecule has 0 amide bonds. The molecule has 1 N–H and O–H groups in total. The Morgan fingerprint density at radius 2 is 2.10 bits per heavy atom. The molecule has 0 atom stereocenters. The van der Waals surface area contributed by atoms with Crippen molar-refractivity contribution in [2.75, 3.05) is 6.61 Å². The van der Waals surface area contributed by atoms with Crippen LogP contribution in [0, 0.1) is 0 Å². The van der Waals surface area contributed by atoms with Crippen LogP contribution < -0.4 is 4.74 Å². The zero-order valence-corrected chi connectivity index (χ0v) is 12.9. The van der Waals surface area contributed by atoms with Gasteiger partial charge in [0.25, 0.3) is 0 Å². The number of hydrogen-bond donors (Lipinski definition) is 1.